The van der Waals surface area contributed by atoms with Crippen molar-refractivity contribution in [2.24, 2.45) is 5.92 Å². The first-order chi connectivity index (χ1) is 5.33. The number of hydrogen-bond acceptors (Lipinski definition) is 2. The van der Waals surface area contributed by atoms with E-state index in [0.29, 0.717) is 4.87 Å². The molecule has 1 nitrogen and oxygen atoms in total. The largest absolute Gasteiger partial charge is 0.302 e. The summed E-state index contributed by atoms with van der Waals surface area (Å²) in [5.41, 5.74) is 0. The van der Waals surface area contributed by atoms with Crippen molar-refractivity contribution in [3.05, 3.63) is 0 Å². The molecule has 1 aliphatic carbocycles. The fourth-order valence-electron chi connectivity index (χ4n) is 2.34. The van der Waals surface area contributed by atoms with Crippen molar-refractivity contribution < 1.29 is 0 Å². The van der Waals surface area contributed by atoms with Crippen LogP contribution in [0.5, 0.6) is 0 Å². The summed E-state index contributed by atoms with van der Waals surface area (Å²) in [4.78, 5) is 0.498. The van der Waals surface area contributed by atoms with E-state index in [2.05, 4.69) is 24.0 Å². The molecule has 2 fully saturated rings. The van der Waals surface area contributed by atoms with Crippen LogP contribution in [0.15, 0.2) is 0 Å². The second-order valence-corrected chi connectivity index (χ2v) is 5.24. The van der Waals surface area contributed by atoms with Gasteiger partial charge in [-0.3, -0.25) is 0 Å². The predicted octanol–water partition coefficient (Wildman–Crippen LogP) is 2.23. The molecule has 1 saturated carbocycles. The Morgan fingerprint density at radius 1 is 1.45 bits per heavy atom. The third kappa shape index (κ3) is 1.31. The maximum absolute atomic E-state index is 3.68. The molecule has 2 heteroatoms. The number of nitrogens with one attached hydrogen (secondary N) is 1. The van der Waals surface area contributed by atoms with E-state index in [0.717, 1.165) is 5.92 Å². The summed E-state index contributed by atoms with van der Waals surface area (Å²) in [5.74, 6) is 2.22. The van der Waals surface area contributed by atoms with Crippen molar-refractivity contribution in [2.45, 2.75) is 37.5 Å². The summed E-state index contributed by atoms with van der Waals surface area (Å²) >= 11 is 2.16. The zero-order valence-corrected chi connectivity index (χ0v) is 8.04. The van der Waals surface area contributed by atoms with Crippen molar-refractivity contribution >= 4 is 11.8 Å². The summed E-state index contributed by atoms with van der Waals surface area (Å²) in [5, 5.41) is 3.68. The van der Waals surface area contributed by atoms with Crippen LogP contribution >= 0.6 is 11.8 Å². The molecule has 0 aromatic heterocycles. The van der Waals surface area contributed by atoms with Gasteiger partial charge < -0.3 is 5.32 Å². The van der Waals surface area contributed by atoms with Crippen LogP contribution in [0.1, 0.15) is 32.6 Å². The average Bonchev–Trinajstić information content (AvgIpc) is 2.46. The summed E-state index contributed by atoms with van der Waals surface area (Å²) in [7, 11) is 0. The van der Waals surface area contributed by atoms with Crippen LogP contribution in [0.2, 0.25) is 0 Å². The van der Waals surface area contributed by atoms with Gasteiger partial charge in [-0.1, -0.05) is 19.8 Å². The van der Waals surface area contributed by atoms with Gasteiger partial charge in [-0.2, -0.15) is 0 Å². The first-order valence-electron chi connectivity index (χ1n) is 4.72. The maximum atomic E-state index is 3.68. The Bertz CT molecular complexity index is 140. The molecule has 0 amide bonds. The molecule has 2 rings (SSSR count). The number of hydrogen-bond donors (Lipinski definition) is 1. The van der Waals surface area contributed by atoms with Crippen LogP contribution in [0, 0.1) is 5.92 Å². The van der Waals surface area contributed by atoms with E-state index < -0.39 is 0 Å². The van der Waals surface area contributed by atoms with Crippen LogP contribution in [-0.4, -0.2) is 17.2 Å². The van der Waals surface area contributed by atoms with Crippen LogP contribution in [0.25, 0.3) is 0 Å². The molecule has 2 atom stereocenters. The Morgan fingerprint density at radius 2 is 2.36 bits per heavy atom. The van der Waals surface area contributed by atoms with Crippen LogP contribution in [0.3, 0.4) is 0 Å². The van der Waals surface area contributed by atoms with Crippen LogP contribution in [0.4, 0.5) is 0 Å². The van der Waals surface area contributed by atoms with Gasteiger partial charge in [-0.15, -0.1) is 11.8 Å². The summed E-state index contributed by atoms with van der Waals surface area (Å²) in [6.07, 6.45) is 5.72. The van der Waals surface area contributed by atoms with Gasteiger partial charge in [0.1, 0.15) is 0 Å². The first-order valence-corrected chi connectivity index (χ1v) is 5.71. The van der Waals surface area contributed by atoms with Crippen molar-refractivity contribution in [1.82, 2.24) is 5.32 Å². The molecule has 0 radical (unpaired) electrons. The second kappa shape index (κ2) is 2.98. The average molecular weight is 171 g/mol. The fraction of sp³-hybridized carbons (Fsp3) is 1.00. The van der Waals surface area contributed by atoms with Gasteiger partial charge in [0.25, 0.3) is 0 Å². The number of rotatable bonds is 0. The van der Waals surface area contributed by atoms with E-state index in [9.17, 15) is 0 Å². The lowest BCUT2D eigenvalue weighted by atomic mass is 9.85. The van der Waals surface area contributed by atoms with Crippen LogP contribution < -0.4 is 5.32 Å². The highest BCUT2D eigenvalue weighted by atomic mass is 32.2. The molecular formula is C9H17NS. The van der Waals surface area contributed by atoms with E-state index >= 15 is 0 Å². The van der Waals surface area contributed by atoms with Crippen molar-refractivity contribution in [1.29, 1.82) is 0 Å². The van der Waals surface area contributed by atoms with Gasteiger partial charge >= 0.3 is 0 Å². The highest BCUT2D eigenvalue weighted by Crippen LogP contribution is 2.44. The third-order valence-electron chi connectivity index (χ3n) is 3.12. The highest BCUT2D eigenvalue weighted by Gasteiger charge is 2.40. The summed E-state index contributed by atoms with van der Waals surface area (Å²) in [6.45, 7) is 3.64. The first kappa shape index (κ1) is 7.93. The molecule has 0 aromatic rings. The summed E-state index contributed by atoms with van der Waals surface area (Å²) in [6, 6.07) is 0. The minimum absolute atomic E-state index is 0.498. The lowest BCUT2D eigenvalue weighted by Gasteiger charge is -2.38. The monoisotopic (exact) mass is 171 g/mol. The van der Waals surface area contributed by atoms with Gasteiger partial charge in [-0.05, 0) is 18.8 Å². The van der Waals surface area contributed by atoms with E-state index in [1.807, 2.05) is 0 Å². The zero-order valence-electron chi connectivity index (χ0n) is 7.23. The molecule has 0 bridgehead atoms. The van der Waals surface area contributed by atoms with Crippen molar-refractivity contribution in [2.75, 3.05) is 12.3 Å². The third-order valence-corrected chi connectivity index (χ3v) is 4.79. The van der Waals surface area contributed by atoms with Gasteiger partial charge in [0.05, 0.1) is 4.87 Å². The Hall–Kier alpha value is 0.310. The van der Waals surface area contributed by atoms with E-state index in [4.69, 9.17) is 0 Å². The molecule has 11 heavy (non-hydrogen) atoms. The Balaban J connectivity index is 2.07. The normalized spacial score (nSPS) is 45.0. The van der Waals surface area contributed by atoms with Crippen molar-refractivity contribution in [3.8, 4) is 0 Å². The SMILES string of the molecule is CC1CCCCC12NCCS2. The minimum atomic E-state index is 0.498. The number of thioether (sulfide) groups is 1. The van der Waals surface area contributed by atoms with Gasteiger partial charge in [0, 0.05) is 12.3 Å². The molecule has 2 unspecified atom stereocenters. The van der Waals surface area contributed by atoms with Crippen molar-refractivity contribution in [3.63, 3.8) is 0 Å². The molecule has 1 N–H and O–H groups in total. The smallest absolute Gasteiger partial charge is 0.0671 e. The maximum Gasteiger partial charge on any atom is 0.0671 e. The molecule has 1 saturated heterocycles. The quantitative estimate of drug-likeness (QED) is 0.600. The molecule has 1 spiro atoms. The topological polar surface area (TPSA) is 12.0 Å². The van der Waals surface area contributed by atoms with Gasteiger partial charge in [0.15, 0.2) is 0 Å². The van der Waals surface area contributed by atoms with Crippen LogP contribution in [-0.2, 0) is 0 Å². The molecule has 0 aromatic carbocycles. The van der Waals surface area contributed by atoms with E-state index in [-0.39, 0.29) is 0 Å². The Kier molecular flexibility index (Phi) is 2.15. The fourth-order valence-corrected chi connectivity index (χ4v) is 3.81. The van der Waals surface area contributed by atoms with Gasteiger partial charge in [-0.25, -0.2) is 0 Å². The molecule has 1 aliphatic heterocycles. The molecule has 64 valence electrons. The Morgan fingerprint density at radius 3 is 3.00 bits per heavy atom. The van der Waals surface area contributed by atoms with E-state index in [1.54, 1.807) is 0 Å². The Labute approximate surface area is 73.3 Å². The highest BCUT2D eigenvalue weighted by molar-refractivity contribution is 8.00. The predicted molar refractivity (Wildman–Crippen MR) is 50.8 cm³/mol. The van der Waals surface area contributed by atoms with E-state index in [1.165, 1.54) is 38.0 Å². The molecule has 1 heterocycles. The standard InChI is InChI=1S/C9H17NS/c1-8-4-2-3-5-9(8)10-6-7-11-9/h8,10H,2-7H2,1H3. The molecular weight excluding hydrogens is 154 g/mol. The van der Waals surface area contributed by atoms with Gasteiger partial charge in [0.2, 0.25) is 0 Å². The lowest BCUT2D eigenvalue weighted by molar-refractivity contribution is 0.261. The second-order valence-electron chi connectivity index (χ2n) is 3.81. The molecule has 2 aliphatic rings. The summed E-state index contributed by atoms with van der Waals surface area (Å²) < 4.78 is 0. The lowest BCUT2D eigenvalue weighted by Crippen LogP contribution is -2.45. The zero-order chi connectivity index (χ0) is 7.73. The minimum Gasteiger partial charge on any atom is -0.302 e.